The zero-order valence-corrected chi connectivity index (χ0v) is 13.3. The Hall–Kier alpha value is -1.86. The van der Waals surface area contributed by atoms with Crippen molar-refractivity contribution in [3.05, 3.63) is 58.3 Å². The number of rotatable bonds is 7. The fourth-order valence-electron chi connectivity index (χ4n) is 1.82. The third-order valence-corrected chi connectivity index (χ3v) is 4.52. The summed E-state index contributed by atoms with van der Waals surface area (Å²) in [6.07, 6.45) is 0.775. The molecule has 0 bridgehead atoms. The second-order valence-electron chi connectivity index (χ2n) is 4.47. The maximum absolute atomic E-state index is 12.8. The van der Waals surface area contributed by atoms with Crippen LogP contribution in [0.4, 0.5) is 4.39 Å². The first-order valence-corrected chi connectivity index (χ1v) is 8.61. The van der Waals surface area contributed by atoms with Gasteiger partial charge < -0.3 is 4.74 Å². The van der Waals surface area contributed by atoms with Crippen LogP contribution in [0.25, 0.3) is 0 Å². The predicted molar refractivity (Wildman–Crippen MR) is 86.1 cm³/mol. The van der Waals surface area contributed by atoms with Crippen molar-refractivity contribution in [2.24, 2.45) is 0 Å². The number of thioether (sulfide) groups is 1. The van der Waals surface area contributed by atoms with Crippen molar-refractivity contribution in [1.29, 1.82) is 0 Å². The molecule has 0 radical (unpaired) electrons. The fourth-order valence-corrected chi connectivity index (χ4v) is 3.17. The molecule has 1 aromatic carbocycles. The Labute approximate surface area is 135 Å². The lowest BCUT2D eigenvalue weighted by Gasteiger charge is -2.04. The van der Waals surface area contributed by atoms with E-state index in [9.17, 15) is 4.39 Å². The Morgan fingerprint density at radius 1 is 1.23 bits per heavy atom. The lowest BCUT2D eigenvalue weighted by atomic mass is 10.3. The van der Waals surface area contributed by atoms with Gasteiger partial charge in [-0.05, 0) is 35.7 Å². The second kappa shape index (κ2) is 7.42. The predicted octanol–water partition coefficient (Wildman–Crippen LogP) is 3.77. The van der Waals surface area contributed by atoms with E-state index in [-0.39, 0.29) is 5.82 Å². The summed E-state index contributed by atoms with van der Waals surface area (Å²) in [5.41, 5.74) is 0. The highest BCUT2D eigenvalue weighted by atomic mass is 32.2. The minimum absolute atomic E-state index is 0.263. The molecule has 0 amide bonds. The fraction of sp³-hybridized carbons (Fsp3) is 0.200. The van der Waals surface area contributed by atoms with Gasteiger partial charge in [0, 0.05) is 17.1 Å². The van der Waals surface area contributed by atoms with Crippen LogP contribution in [0.15, 0.2) is 46.9 Å². The van der Waals surface area contributed by atoms with Gasteiger partial charge in [0.2, 0.25) is 5.16 Å². The van der Waals surface area contributed by atoms with Gasteiger partial charge in [0.15, 0.2) is 0 Å². The average molecular weight is 335 g/mol. The van der Waals surface area contributed by atoms with Gasteiger partial charge in [-0.1, -0.05) is 17.8 Å². The van der Waals surface area contributed by atoms with Crippen molar-refractivity contribution in [2.75, 3.05) is 12.4 Å². The molecule has 0 spiro atoms. The maximum Gasteiger partial charge on any atom is 0.208 e. The van der Waals surface area contributed by atoms with Crippen LogP contribution in [-0.2, 0) is 6.42 Å². The molecular weight excluding hydrogens is 321 g/mol. The van der Waals surface area contributed by atoms with Gasteiger partial charge in [-0.3, -0.25) is 5.10 Å². The SMILES string of the molecule is Fc1ccc(OCCSc2n[nH]c(Cc3cccs3)n2)cc1. The van der Waals surface area contributed by atoms with Crippen LogP contribution >= 0.6 is 23.1 Å². The first-order valence-electron chi connectivity index (χ1n) is 6.74. The molecule has 0 unspecified atom stereocenters. The zero-order chi connectivity index (χ0) is 15.2. The smallest absolute Gasteiger partial charge is 0.208 e. The van der Waals surface area contributed by atoms with Crippen LogP contribution in [0.2, 0.25) is 0 Å². The number of hydrogen-bond acceptors (Lipinski definition) is 5. The highest BCUT2D eigenvalue weighted by Crippen LogP contribution is 2.17. The Morgan fingerprint density at radius 2 is 2.09 bits per heavy atom. The van der Waals surface area contributed by atoms with Gasteiger partial charge >= 0.3 is 0 Å². The summed E-state index contributed by atoms with van der Waals surface area (Å²) in [5, 5.41) is 9.90. The molecule has 0 atom stereocenters. The normalized spacial score (nSPS) is 10.8. The maximum atomic E-state index is 12.8. The third-order valence-electron chi connectivity index (χ3n) is 2.83. The van der Waals surface area contributed by atoms with E-state index in [1.165, 1.54) is 28.8 Å². The molecule has 0 saturated heterocycles. The number of aromatic nitrogens is 3. The minimum atomic E-state index is -0.263. The summed E-state index contributed by atoms with van der Waals surface area (Å²) in [7, 11) is 0. The summed E-state index contributed by atoms with van der Waals surface area (Å²) in [6, 6.07) is 10.1. The Bertz CT molecular complexity index is 698. The summed E-state index contributed by atoms with van der Waals surface area (Å²) in [4.78, 5) is 5.70. The van der Waals surface area contributed by atoms with Gasteiger partial charge in [0.25, 0.3) is 0 Å². The van der Waals surface area contributed by atoms with Crippen LogP contribution in [0.3, 0.4) is 0 Å². The molecule has 114 valence electrons. The van der Waals surface area contributed by atoms with Crippen molar-refractivity contribution in [3.8, 4) is 5.75 Å². The molecule has 0 saturated carbocycles. The summed E-state index contributed by atoms with van der Waals surface area (Å²) >= 11 is 3.23. The van der Waals surface area contributed by atoms with E-state index in [0.717, 1.165) is 18.0 Å². The van der Waals surface area contributed by atoms with Gasteiger partial charge in [-0.25, -0.2) is 9.37 Å². The number of hydrogen-bond donors (Lipinski definition) is 1. The quantitative estimate of drug-likeness (QED) is 0.527. The number of nitrogens with one attached hydrogen (secondary N) is 1. The van der Waals surface area contributed by atoms with Crippen LogP contribution in [0, 0.1) is 5.82 Å². The van der Waals surface area contributed by atoms with E-state index >= 15 is 0 Å². The molecule has 3 rings (SSSR count). The highest BCUT2D eigenvalue weighted by molar-refractivity contribution is 7.99. The molecule has 2 aromatic heterocycles. The van der Waals surface area contributed by atoms with Crippen LogP contribution in [0.5, 0.6) is 5.75 Å². The number of benzene rings is 1. The van der Waals surface area contributed by atoms with E-state index in [1.54, 1.807) is 23.5 Å². The van der Waals surface area contributed by atoms with Gasteiger partial charge in [0.05, 0.1) is 6.61 Å². The highest BCUT2D eigenvalue weighted by Gasteiger charge is 2.05. The second-order valence-corrected chi connectivity index (χ2v) is 6.57. The first-order chi connectivity index (χ1) is 10.8. The number of H-pyrrole nitrogens is 1. The van der Waals surface area contributed by atoms with Gasteiger partial charge in [-0.2, -0.15) is 0 Å². The van der Waals surface area contributed by atoms with E-state index in [4.69, 9.17) is 4.74 Å². The lowest BCUT2D eigenvalue weighted by Crippen LogP contribution is -2.00. The van der Waals surface area contributed by atoms with E-state index in [2.05, 4.69) is 21.2 Å². The third kappa shape index (κ3) is 4.32. The Morgan fingerprint density at radius 3 is 2.86 bits per heavy atom. The number of thiophene rings is 1. The molecule has 0 aliphatic carbocycles. The van der Waals surface area contributed by atoms with Crippen molar-refractivity contribution in [2.45, 2.75) is 11.6 Å². The molecule has 2 heterocycles. The van der Waals surface area contributed by atoms with E-state index < -0.39 is 0 Å². The molecule has 0 aliphatic heterocycles. The summed E-state index contributed by atoms with van der Waals surface area (Å²) < 4.78 is 18.3. The molecule has 22 heavy (non-hydrogen) atoms. The molecule has 0 fully saturated rings. The van der Waals surface area contributed by atoms with Crippen molar-refractivity contribution in [1.82, 2.24) is 15.2 Å². The largest absolute Gasteiger partial charge is 0.493 e. The summed E-state index contributed by atoms with van der Waals surface area (Å²) in [5.74, 6) is 1.99. The zero-order valence-electron chi connectivity index (χ0n) is 11.7. The van der Waals surface area contributed by atoms with Gasteiger partial charge in [0.1, 0.15) is 17.4 Å². The topological polar surface area (TPSA) is 50.8 Å². The molecule has 0 aliphatic rings. The molecule has 4 nitrogen and oxygen atoms in total. The molecule has 7 heteroatoms. The van der Waals surface area contributed by atoms with Crippen LogP contribution < -0.4 is 4.74 Å². The van der Waals surface area contributed by atoms with Crippen molar-refractivity contribution in [3.63, 3.8) is 0 Å². The van der Waals surface area contributed by atoms with Crippen LogP contribution in [0.1, 0.15) is 10.7 Å². The lowest BCUT2D eigenvalue weighted by molar-refractivity contribution is 0.343. The Balaban J connectivity index is 1.42. The average Bonchev–Trinajstić information content (AvgIpc) is 3.18. The van der Waals surface area contributed by atoms with E-state index in [1.807, 2.05) is 11.4 Å². The van der Waals surface area contributed by atoms with Gasteiger partial charge in [-0.15, -0.1) is 16.4 Å². The summed E-state index contributed by atoms with van der Waals surface area (Å²) in [6.45, 7) is 0.519. The number of halogens is 1. The number of aromatic amines is 1. The number of nitrogens with zero attached hydrogens (tertiary/aromatic N) is 2. The monoisotopic (exact) mass is 335 g/mol. The molecular formula is C15H14FN3OS2. The van der Waals surface area contributed by atoms with Crippen molar-refractivity contribution < 1.29 is 9.13 Å². The van der Waals surface area contributed by atoms with Crippen molar-refractivity contribution >= 4 is 23.1 Å². The molecule has 3 aromatic rings. The van der Waals surface area contributed by atoms with E-state index in [0.29, 0.717) is 17.5 Å². The number of ether oxygens (including phenoxy) is 1. The first kappa shape index (κ1) is 15.1. The standard InChI is InChI=1S/C15H14FN3OS2/c16-11-3-5-12(6-4-11)20-7-9-22-15-17-14(18-19-15)10-13-2-1-8-21-13/h1-6,8H,7,9-10H2,(H,17,18,19). The van der Waals surface area contributed by atoms with Crippen LogP contribution in [-0.4, -0.2) is 27.5 Å². The molecule has 1 N–H and O–H groups in total. The minimum Gasteiger partial charge on any atom is -0.493 e. The Kier molecular flexibility index (Phi) is 5.07.